The first-order valence-corrected chi connectivity index (χ1v) is 7.46. The van der Waals surface area contributed by atoms with Crippen molar-refractivity contribution in [2.45, 2.75) is 13.3 Å². The van der Waals surface area contributed by atoms with E-state index in [2.05, 4.69) is 0 Å². The quantitative estimate of drug-likeness (QED) is 0.824. The van der Waals surface area contributed by atoms with Crippen molar-refractivity contribution in [3.05, 3.63) is 29.8 Å². The van der Waals surface area contributed by atoms with Gasteiger partial charge in [-0.25, -0.2) is 8.78 Å². The molecule has 1 aromatic rings. The smallest absolute Gasteiger partial charge is 0.308 e. The summed E-state index contributed by atoms with van der Waals surface area (Å²) in [4.78, 5) is 38.0. The Balaban J connectivity index is 2.10. The van der Waals surface area contributed by atoms with Gasteiger partial charge in [0, 0.05) is 31.9 Å². The van der Waals surface area contributed by atoms with Gasteiger partial charge in [0.15, 0.2) is 0 Å². The summed E-state index contributed by atoms with van der Waals surface area (Å²) in [5.74, 6) is -5.41. The molecule has 130 valence electrons. The molecular weight excluding hydrogens is 322 g/mol. The standard InChI is InChI=1S/C16H18F2N2O4/c1-9(16(23)24)8-19(2)14(21)13-3-4-20(15(13)22)12-6-10(17)5-11(18)7-12/h5-7,9,13H,3-4,8H2,1-2H3,(H,23,24). The van der Waals surface area contributed by atoms with E-state index in [1.165, 1.54) is 23.8 Å². The fourth-order valence-electron chi connectivity index (χ4n) is 2.71. The Labute approximate surface area is 137 Å². The van der Waals surface area contributed by atoms with Gasteiger partial charge in [-0.3, -0.25) is 14.4 Å². The Morgan fingerprint density at radius 2 is 1.92 bits per heavy atom. The molecule has 6 nitrogen and oxygen atoms in total. The predicted molar refractivity (Wildman–Crippen MR) is 81.3 cm³/mol. The number of aliphatic carboxylic acids is 1. The second-order valence-corrected chi connectivity index (χ2v) is 5.92. The number of nitrogens with zero attached hydrogens (tertiary/aromatic N) is 2. The zero-order chi connectivity index (χ0) is 18.0. The van der Waals surface area contributed by atoms with Gasteiger partial charge in [-0.1, -0.05) is 6.92 Å². The van der Waals surface area contributed by atoms with Crippen molar-refractivity contribution in [2.24, 2.45) is 11.8 Å². The predicted octanol–water partition coefficient (Wildman–Crippen LogP) is 1.50. The van der Waals surface area contributed by atoms with E-state index in [9.17, 15) is 23.2 Å². The SMILES string of the molecule is CC(CN(C)C(=O)C1CCN(c2cc(F)cc(F)c2)C1=O)C(=O)O. The fraction of sp³-hybridized carbons (Fsp3) is 0.438. The molecule has 1 fully saturated rings. The number of carboxylic acid groups (broad SMARTS) is 1. The van der Waals surface area contributed by atoms with E-state index in [1.807, 2.05) is 0 Å². The van der Waals surface area contributed by atoms with E-state index in [4.69, 9.17) is 5.11 Å². The van der Waals surface area contributed by atoms with Crippen LogP contribution < -0.4 is 4.90 Å². The minimum atomic E-state index is -1.04. The largest absolute Gasteiger partial charge is 0.481 e. The molecule has 0 aliphatic carbocycles. The average Bonchev–Trinajstić information content (AvgIpc) is 2.86. The number of carboxylic acids is 1. The van der Waals surface area contributed by atoms with Gasteiger partial charge in [-0.2, -0.15) is 0 Å². The van der Waals surface area contributed by atoms with Crippen LogP contribution in [0, 0.1) is 23.5 Å². The fourth-order valence-corrected chi connectivity index (χ4v) is 2.71. The lowest BCUT2D eigenvalue weighted by Gasteiger charge is -2.22. The summed E-state index contributed by atoms with van der Waals surface area (Å²) >= 11 is 0. The van der Waals surface area contributed by atoms with Crippen LogP contribution in [-0.4, -0.2) is 47.9 Å². The van der Waals surface area contributed by atoms with E-state index in [0.717, 1.165) is 12.1 Å². The van der Waals surface area contributed by atoms with Gasteiger partial charge >= 0.3 is 5.97 Å². The molecule has 1 saturated heterocycles. The molecule has 1 N–H and O–H groups in total. The maximum Gasteiger partial charge on any atom is 0.308 e. The van der Waals surface area contributed by atoms with Crippen LogP contribution in [0.15, 0.2) is 18.2 Å². The molecule has 24 heavy (non-hydrogen) atoms. The maximum atomic E-state index is 13.3. The molecule has 2 rings (SSSR count). The second-order valence-electron chi connectivity index (χ2n) is 5.92. The molecule has 1 aromatic carbocycles. The van der Waals surface area contributed by atoms with E-state index in [-0.39, 0.29) is 25.2 Å². The highest BCUT2D eigenvalue weighted by atomic mass is 19.1. The number of hydrogen-bond acceptors (Lipinski definition) is 3. The molecule has 1 heterocycles. The van der Waals surface area contributed by atoms with Gasteiger partial charge in [-0.15, -0.1) is 0 Å². The summed E-state index contributed by atoms with van der Waals surface area (Å²) in [6, 6.07) is 2.77. The van der Waals surface area contributed by atoms with E-state index < -0.39 is 41.3 Å². The van der Waals surface area contributed by atoms with Crippen LogP contribution in [0.2, 0.25) is 0 Å². The summed E-state index contributed by atoms with van der Waals surface area (Å²) in [7, 11) is 1.43. The number of benzene rings is 1. The number of amides is 2. The normalized spacial score (nSPS) is 18.6. The Morgan fingerprint density at radius 1 is 1.33 bits per heavy atom. The average molecular weight is 340 g/mol. The molecule has 0 saturated carbocycles. The highest BCUT2D eigenvalue weighted by Gasteiger charge is 2.39. The molecule has 0 bridgehead atoms. The molecule has 2 atom stereocenters. The first-order chi connectivity index (χ1) is 11.2. The van der Waals surface area contributed by atoms with E-state index >= 15 is 0 Å². The lowest BCUT2D eigenvalue weighted by molar-refractivity contribution is -0.143. The first kappa shape index (κ1) is 17.8. The summed E-state index contributed by atoms with van der Waals surface area (Å²) in [5, 5.41) is 8.89. The molecular formula is C16H18F2N2O4. The first-order valence-electron chi connectivity index (χ1n) is 7.46. The van der Waals surface area contributed by atoms with Gasteiger partial charge in [0.2, 0.25) is 11.8 Å². The Bertz CT molecular complexity index is 660. The molecule has 1 aliphatic heterocycles. The number of halogens is 2. The van der Waals surface area contributed by atoms with Crippen LogP contribution in [0.4, 0.5) is 14.5 Å². The maximum absolute atomic E-state index is 13.3. The number of carbonyl (C=O) groups is 3. The van der Waals surface area contributed by atoms with Gasteiger partial charge in [0.1, 0.15) is 17.6 Å². The lowest BCUT2D eigenvalue weighted by atomic mass is 10.1. The third-order valence-electron chi connectivity index (χ3n) is 4.01. The lowest BCUT2D eigenvalue weighted by Crippen LogP contribution is -2.40. The Kier molecular flexibility index (Phi) is 5.16. The Morgan fingerprint density at radius 3 is 2.46 bits per heavy atom. The number of rotatable bonds is 5. The van der Waals surface area contributed by atoms with Crippen molar-refractivity contribution in [2.75, 3.05) is 25.0 Å². The van der Waals surface area contributed by atoms with Crippen molar-refractivity contribution in [1.82, 2.24) is 4.90 Å². The topological polar surface area (TPSA) is 77.9 Å². The molecule has 8 heteroatoms. The van der Waals surface area contributed by atoms with Crippen LogP contribution in [0.5, 0.6) is 0 Å². The minimum Gasteiger partial charge on any atom is -0.481 e. The van der Waals surface area contributed by atoms with Crippen molar-refractivity contribution in [3.63, 3.8) is 0 Å². The van der Waals surface area contributed by atoms with Gasteiger partial charge in [-0.05, 0) is 18.6 Å². The number of carbonyl (C=O) groups excluding carboxylic acids is 2. The van der Waals surface area contributed by atoms with Gasteiger partial charge in [0.05, 0.1) is 5.92 Å². The molecule has 1 aliphatic rings. The molecule has 0 radical (unpaired) electrons. The third-order valence-corrected chi connectivity index (χ3v) is 4.01. The van der Waals surface area contributed by atoms with Crippen LogP contribution in [0.25, 0.3) is 0 Å². The third kappa shape index (κ3) is 3.69. The highest BCUT2D eigenvalue weighted by Crippen LogP contribution is 2.27. The van der Waals surface area contributed by atoms with Gasteiger partial charge in [0.25, 0.3) is 0 Å². The molecule has 0 spiro atoms. The van der Waals surface area contributed by atoms with E-state index in [1.54, 1.807) is 0 Å². The van der Waals surface area contributed by atoms with Crippen LogP contribution in [-0.2, 0) is 14.4 Å². The van der Waals surface area contributed by atoms with Gasteiger partial charge < -0.3 is 14.9 Å². The molecule has 2 unspecified atom stereocenters. The minimum absolute atomic E-state index is 0.0213. The number of anilines is 1. The zero-order valence-corrected chi connectivity index (χ0v) is 13.3. The summed E-state index contributed by atoms with van der Waals surface area (Å²) < 4.78 is 26.6. The van der Waals surface area contributed by atoms with Crippen LogP contribution >= 0.6 is 0 Å². The zero-order valence-electron chi connectivity index (χ0n) is 13.3. The summed E-state index contributed by atoms with van der Waals surface area (Å²) in [6.45, 7) is 1.61. The molecule has 2 amide bonds. The van der Waals surface area contributed by atoms with Crippen molar-refractivity contribution in [1.29, 1.82) is 0 Å². The van der Waals surface area contributed by atoms with E-state index in [0.29, 0.717) is 6.07 Å². The van der Waals surface area contributed by atoms with Crippen LogP contribution in [0.3, 0.4) is 0 Å². The van der Waals surface area contributed by atoms with Crippen LogP contribution in [0.1, 0.15) is 13.3 Å². The monoisotopic (exact) mass is 340 g/mol. The summed E-state index contributed by atoms with van der Waals surface area (Å²) in [5.41, 5.74) is 0.0642. The van der Waals surface area contributed by atoms with Crippen molar-refractivity contribution in [3.8, 4) is 0 Å². The summed E-state index contributed by atoms with van der Waals surface area (Å²) in [6.07, 6.45) is 0.210. The van der Waals surface area contributed by atoms with Crippen molar-refractivity contribution < 1.29 is 28.3 Å². The second kappa shape index (κ2) is 6.94. The van der Waals surface area contributed by atoms with Crippen molar-refractivity contribution >= 4 is 23.5 Å². The number of hydrogen-bond donors (Lipinski definition) is 1. The molecule has 0 aromatic heterocycles. The Hall–Kier alpha value is -2.51. The highest BCUT2D eigenvalue weighted by molar-refractivity contribution is 6.09.